The van der Waals surface area contributed by atoms with Crippen molar-refractivity contribution in [3.8, 4) is 0 Å². The van der Waals surface area contributed by atoms with Crippen LogP contribution in [0.1, 0.15) is 5.56 Å². The Morgan fingerprint density at radius 1 is 1.21 bits per heavy atom. The Bertz CT molecular complexity index is 315. The average molecular weight is 295 g/mol. The fourth-order valence-corrected chi connectivity index (χ4v) is 1.36. The minimum Gasteiger partial charge on any atom is -0.449 e. The summed E-state index contributed by atoms with van der Waals surface area (Å²) in [6.07, 6.45) is -1.18. The molecule has 72 valence electrons. The van der Waals surface area contributed by atoms with Crippen LogP contribution >= 0.6 is 15.9 Å². The Balaban J connectivity index is 0.00000169. The summed E-state index contributed by atoms with van der Waals surface area (Å²) in [7, 11) is 0. The Morgan fingerprint density at radius 3 is 2.29 bits per heavy atom. The summed E-state index contributed by atoms with van der Waals surface area (Å²) in [6.45, 7) is -4.98. The van der Waals surface area contributed by atoms with Gasteiger partial charge in [0.05, 0.1) is 0 Å². The van der Waals surface area contributed by atoms with Gasteiger partial charge >= 0.3 is 58.4 Å². The van der Waals surface area contributed by atoms with Crippen molar-refractivity contribution < 1.29 is 68.7 Å². The molecule has 0 saturated heterocycles. The van der Waals surface area contributed by atoms with Crippen LogP contribution in [0.3, 0.4) is 0 Å². The molecule has 0 aliphatic rings. The van der Waals surface area contributed by atoms with E-state index in [-0.39, 0.29) is 56.9 Å². The predicted molar refractivity (Wildman–Crippen MR) is 46.9 cm³/mol. The fraction of sp³-hybridized carbons (Fsp3) is 0.143. The van der Waals surface area contributed by atoms with Gasteiger partial charge in [0.2, 0.25) is 0 Å². The van der Waals surface area contributed by atoms with Gasteiger partial charge in [-0.3, -0.25) is 0 Å². The molecule has 0 aliphatic carbocycles. The van der Waals surface area contributed by atoms with Gasteiger partial charge in [-0.2, -0.15) is 0 Å². The van der Waals surface area contributed by atoms with Gasteiger partial charge in [-0.15, -0.1) is 0 Å². The molecule has 0 amide bonds. The Hall–Kier alpha value is 1.12. The van der Waals surface area contributed by atoms with E-state index >= 15 is 0 Å². The van der Waals surface area contributed by atoms with Crippen molar-refractivity contribution in [2.75, 3.05) is 0 Å². The molecule has 0 nitrogen and oxygen atoms in total. The zero-order chi connectivity index (χ0) is 10.1. The Labute approximate surface area is 130 Å². The predicted octanol–water partition coefficient (Wildman–Crippen LogP) is 0.521. The molecule has 0 aliphatic heterocycles. The first-order valence-corrected chi connectivity index (χ1v) is 4.33. The maximum absolute atomic E-state index is 12.8. The van der Waals surface area contributed by atoms with Gasteiger partial charge in [0.15, 0.2) is 0 Å². The molecule has 1 rings (SSSR count). The molecular formula is C7H5BBrF4K. The zero-order valence-corrected chi connectivity index (χ0v) is 12.1. The second kappa shape index (κ2) is 6.01. The second-order valence-electron chi connectivity index (χ2n) is 2.65. The number of rotatable bonds is 2. The van der Waals surface area contributed by atoms with Crippen LogP contribution < -0.4 is 51.4 Å². The summed E-state index contributed by atoms with van der Waals surface area (Å²) in [5.41, 5.74) is -0.318. The third-order valence-corrected chi connectivity index (χ3v) is 1.95. The van der Waals surface area contributed by atoms with Gasteiger partial charge in [0.25, 0.3) is 0 Å². The van der Waals surface area contributed by atoms with E-state index in [1.165, 1.54) is 6.07 Å². The van der Waals surface area contributed by atoms with E-state index in [1.54, 1.807) is 0 Å². The van der Waals surface area contributed by atoms with Gasteiger partial charge in [-0.05, 0) is 23.8 Å². The third kappa shape index (κ3) is 5.27. The summed E-state index contributed by atoms with van der Waals surface area (Å²) in [5, 5.41) is 0. The molecule has 0 aromatic heterocycles. The number of halogens is 5. The van der Waals surface area contributed by atoms with Crippen molar-refractivity contribution in [2.24, 2.45) is 0 Å². The Morgan fingerprint density at radius 2 is 1.79 bits per heavy atom. The molecule has 0 radical (unpaired) electrons. The monoisotopic (exact) mass is 294 g/mol. The minimum atomic E-state index is -4.98. The van der Waals surface area contributed by atoms with Gasteiger partial charge < -0.3 is 12.9 Å². The maximum atomic E-state index is 12.8. The summed E-state index contributed by atoms with van der Waals surface area (Å²) in [6, 6.07) is 3.52. The van der Waals surface area contributed by atoms with Crippen molar-refractivity contribution in [3.63, 3.8) is 0 Å². The molecule has 0 heterocycles. The topological polar surface area (TPSA) is 0 Å². The van der Waals surface area contributed by atoms with Gasteiger partial charge in [-0.25, -0.2) is 4.39 Å². The van der Waals surface area contributed by atoms with Gasteiger partial charge in [0.1, 0.15) is 5.82 Å². The van der Waals surface area contributed by atoms with Crippen molar-refractivity contribution in [3.05, 3.63) is 34.1 Å². The van der Waals surface area contributed by atoms with E-state index in [4.69, 9.17) is 0 Å². The molecule has 0 fully saturated rings. The molecule has 7 heteroatoms. The largest absolute Gasteiger partial charge is 1.00 e. The van der Waals surface area contributed by atoms with Crippen LogP contribution in [-0.2, 0) is 6.32 Å². The van der Waals surface area contributed by atoms with Crippen LogP contribution in [0.2, 0.25) is 0 Å². The van der Waals surface area contributed by atoms with Crippen molar-refractivity contribution in [2.45, 2.75) is 6.32 Å². The van der Waals surface area contributed by atoms with E-state index in [0.29, 0.717) is 4.47 Å². The first-order chi connectivity index (χ1) is 5.88. The fourth-order valence-electron chi connectivity index (χ4n) is 0.949. The molecule has 0 bridgehead atoms. The van der Waals surface area contributed by atoms with Crippen LogP contribution in [0.4, 0.5) is 17.3 Å². The molecular weight excluding hydrogens is 290 g/mol. The summed E-state index contributed by atoms with van der Waals surface area (Å²) in [5.74, 6) is -0.817. The second-order valence-corrected chi connectivity index (χ2v) is 3.57. The van der Waals surface area contributed by atoms with Gasteiger partial charge in [0, 0.05) is 4.47 Å². The third-order valence-electron chi connectivity index (χ3n) is 1.46. The van der Waals surface area contributed by atoms with E-state index in [9.17, 15) is 17.3 Å². The molecule has 1 aromatic carbocycles. The number of hydrogen-bond donors (Lipinski definition) is 0. The van der Waals surface area contributed by atoms with Crippen molar-refractivity contribution >= 4 is 22.9 Å². The SMILES string of the molecule is Fc1ccc(Br)cc1C[B-](F)(F)F.[K+]. The summed E-state index contributed by atoms with van der Waals surface area (Å²) in [4.78, 5) is 0. The molecule has 0 atom stereocenters. The van der Waals surface area contributed by atoms with E-state index in [2.05, 4.69) is 15.9 Å². The summed E-state index contributed by atoms with van der Waals surface area (Å²) < 4.78 is 49.0. The van der Waals surface area contributed by atoms with Gasteiger partial charge in [-0.1, -0.05) is 22.3 Å². The normalized spacial score (nSPS) is 10.9. The van der Waals surface area contributed by atoms with Crippen LogP contribution in [0.15, 0.2) is 22.7 Å². The first kappa shape index (κ1) is 15.1. The number of benzene rings is 1. The molecule has 0 saturated carbocycles. The van der Waals surface area contributed by atoms with Crippen LogP contribution in [0.5, 0.6) is 0 Å². The summed E-state index contributed by atoms with van der Waals surface area (Å²) >= 11 is 2.98. The quantitative estimate of drug-likeness (QED) is 0.551. The molecule has 14 heavy (non-hydrogen) atoms. The average Bonchev–Trinajstić information content (AvgIpc) is 1.94. The Kier molecular flexibility index (Phi) is 6.49. The molecule has 0 N–H and O–H groups in total. The maximum Gasteiger partial charge on any atom is 1.00 e. The van der Waals surface area contributed by atoms with Crippen molar-refractivity contribution in [1.82, 2.24) is 0 Å². The van der Waals surface area contributed by atoms with Crippen molar-refractivity contribution in [1.29, 1.82) is 0 Å². The minimum absolute atomic E-state index is 0. The molecule has 0 spiro atoms. The molecule has 0 unspecified atom stereocenters. The first-order valence-electron chi connectivity index (χ1n) is 3.53. The molecule has 1 aromatic rings. The van der Waals surface area contributed by atoms with Crippen LogP contribution in [-0.4, -0.2) is 6.98 Å². The van der Waals surface area contributed by atoms with Crippen LogP contribution in [0.25, 0.3) is 0 Å². The number of hydrogen-bond acceptors (Lipinski definition) is 0. The standard InChI is InChI=1S/C7H5BBrF4.K/c9-6-1-2-7(10)5(3-6)4-8(11,12)13;/h1-3H,4H2;/q-1;+1. The van der Waals surface area contributed by atoms with E-state index in [1.807, 2.05) is 0 Å². The van der Waals surface area contributed by atoms with E-state index in [0.717, 1.165) is 12.1 Å². The zero-order valence-electron chi connectivity index (χ0n) is 7.41. The van der Waals surface area contributed by atoms with E-state index < -0.39 is 19.1 Å². The van der Waals surface area contributed by atoms with Crippen LogP contribution in [0, 0.1) is 5.82 Å². The smallest absolute Gasteiger partial charge is 0.449 e.